The molecule has 0 aromatic carbocycles. The predicted octanol–water partition coefficient (Wildman–Crippen LogP) is 2.63. The van der Waals surface area contributed by atoms with Crippen molar-refractivity contribution in [3.63, 3.8) is 0 Å². The second-order valence-electron chi connectivity index (χ2n) is 5.18. The zero-order valence-corrected chi connectivity index (χ0v) is 11.2. The number of amides is 1. The Kier molecular flexibility index (Phi) is 3.23. The summed E-state index contributed by atoms with van der Waals surface area (Å²) in [5, 5.41) is 0. The van der Waals surface area contributed by atoms with Gasteiger partial charge in [-0.3, -0.25) is 4.79 Å². The smallest absolute Gasteiger partial charge is 0.223 e. The molecule has 1 saturated carbocycles. The number of rotatable bonds is 5. The Bertz CT molecular complexity index is 586. The Morgan fingerprint density at radius 2 is 2.32 bits per heavy atom. The molecule has 1 fully saturated rings. The molecule has 0 aliphatic heterocycles. The van der Waals surface area contributed by atoms with Crippen molar-refractivity contribution in [2.75, 3.05) is 0 Å². The minimum Gasteiger partial charge on any atom is -0.334 e. The van der Waals surface area contributed by atoms with Crippen LogP contribution in [0.4, 0.5) is 0 Å². The number of carbonyl (C=O) groups excluding carboxylic acids is 1. The molecule has 1 aliphatic rings. The SMILES string of the molecule is CCCC(=O)N(Cc1cnc2ccccn12)C1CC1. The van der Waals surface area contributed by atoms with Crippen LogP contribution in [0, 0.1) is 0 Å². The van der Waals surface area contributed by atoms with Gasteiger partial charge in [-0.25, -0.2) is 4.98 Å². The summed E-state index contributed by atoms with van der Waals surface area (Å²) in [6.45, 7) is 2.73. The first kappa shape index (κ1) is 12.2. The zero-order chi connectivity index (χ0) is 13.2. The van der Waals surface area contributed by atoms with Gasteiger partial charge >= 0.3 is 0 Å². The van der Waals surface area contributed by atoms with Crippen LogP contribution in [0.2, 0.25) is 0 Å². The highest BCUT2D eigenvalue weighted by Crippen LogP contribution is 2.29. The maximum absolute atomic E-state index is 12.2. The average molecular weight is 257 g/mol. The van der Waals surface area contributed by atoms with Crippen LogP contribution in [-0.2, 0) is 11.3 Å². The summed E-state index contributed by atoms with van der Waals surface area (Å²) in [6.07, 6.45) is 7.73. The fourth-order valence-electron chi connectivity index (χ4n) is 2.44. The summed E-state index contributed by atoms with van der Waals surface area (Å²) < 4.78 is 2.06. The first-order valence-corrected chi connectivity index (χ1v) is 7.00. The number of aromatic nitrogens is 2. The van der Waals surface area contributed by atoms with Gasteiger partial charge < -0.3 is 9.30 Å². The first-order chi connectivity index (χ1) is 9.29. The molecule has 0 spiro atoms. The molecule has 0 atom stereocenters. The third-order valence-electron chi connectivity index (χ3n) is 3.60. The molecular formula is C15H19N3O. The largest absolute Gasteiger partial charge is 0.334 e. The molecule has 4 nitrogen and oxygen atoms in total. The summed E-state index contributed by atoms with van der Waals surface area (Å²) in [6, 6.07) is 6.41. The minimum absolute atomic E-state index is 0.274. The molecule has 0 saturated heterocycles. The van der Waals surface area contributed by atoms with Gasteiger partial charge in [0, 0.05) is 18.7 Å². The van der Waals surface area contributed by atoms with Crippen LogP contribution in [0.25, 0.3) is 5.65 Å². The number of fused-ring (bicyclic) bond motifs is 1. The molecular weight excluding hydrogens is 238 g/mol. The molecule has 0 radical (unpaired) electrons. The van der Waals surface area contributed by atoms with E-state index in [9.17, 15) is 4.79 Å². The molecule has 1 aliphatic carbocycles. The first-order valence-electron chi connectivity index (χ1n) is 7.00. The number of hydrogen-bond acceptors (Lipinski definition) is 2. The zero-order valence-electron chi connectivity index (χ0n) is 11.2. The van der Waals surface area contributed by atoms with Crippen LogP contribution in [-0.4, -0.2) is 26.2 Å². The van der Waals surface area contributed by atoms with Crippen molar-refractivity contribution in [2.45, 2.75) is 45.2 Å². The summed E-state index contributed by atoms with van der Waals surface area (Å²) in [5.74, 6) is 0.274. The third kappa shape index (κ3) is 2.48. The molecule has 1 amide bonds. The maximum atomic E-state index is 12.2. The van der Waals surface area contributed by atoms with Crippen molar-refractivity contribution in [2.24, 2.45) is 0 Å². The van der Waals surface area contributed by atoms with Crippen molar-refractivity contribution in [3.8, 4) is 0 Å². The molecule has 0 bridgehead atoms. The monoisotopic (exact) mass is 257 g/mol. The van der Waals surface area contributed by atoms with E-state index in [4.69, 9.17) is 0 Å². The van der Waals surface area contributed by atoms with Gasteiger partial charge in [0.15, 0.2) is 0 Å². The Morgan fingerprint density at radius 1 is 1.47 bits per heavy atom. The van der Waals surface area contributed by atoms with Crippen molar-refractivity contribution < 1.29 is 4.79 Å². The number of carbonyl (C=O) groups is 1. The number of pyridine rings is 1. The maximum Gasteiger partial charge on any atom is 0.223 e. The predicted molar refractivity (Wildman–Crippen MR) is 73.7 cm³/mol. The van der Waals surface area contributed by atoms with Crippen LogP contribution < -0.4 is 0 Å². The van der Waals surface area contributed by atoms with Crippen LogP contribution in [0.1, 0.15) is 38.3 Å². The summed E-state index contributed by atoms with van der Waals surface area (Å²) in [7, 11) is 0. The lowest BCUT2D eigenvalue weighted by atomic mass is 10.2. The summed E-state index contributed by atoms with van der Waals surface area (Å²) in [4.78, 5) is 18.6. The third-order valence-corrected chi connectivity index (χ3v) is 3.60. The van der Waals surface area contributed by atoms with Gasteiger partial charge in [-0.1, -0.05) is 13.0 Å². The lowest BCUT2D eigenvalue weighted by molar-refractivity contribution is -0.132. The molecule has 0 unspecified atom stereocenters. The van der Waals surface area contributed by atoms with Crippen molar-refractivity contribution in [3.05, 3.63) is 36.3 Å². The fourth-order valence-corrected chi connectivity index (χ4v) is 2.44. The van der Waals surface area contributed by atoms with E-state index in [0.717, 1.165) is 30.6 Å². The Morgan fingerprint density at radius 3 is 3.05 bits per heavy atom. The molecule has 100 valence electrons. The van der Waals surface area contributed by atoms with Crippen LogP contribution in [0.5, 0.6) is 0 Å². The lowest BCUT2D eigenvalue weighted by Crippen LogP contribution is -2.32. The van der Waals surface area contributed by atoms with Crippen molar-refractivity contribution in [1.29, 1.82) is 0 Å². The van der Waals surface area contributed by atoms with Gasteiger partial charge in [0.25, 0.3) is 0 Å². The molecule has 2 aromatic rings. The van der Waals surface area contributed by atoms with Gasteiger partial charge in [0.1, 0.15) is 5.65 Å². The summed E-state index contributed by atoms with van der Waals surface area (Å²) in [5.41, 5.74) is 2.03. The van der Waals surface area contributed by atoms with Gasteiger partial charge in [0.05, 0.1) is 18.4 Å². The lowest BCUT2D eigenvalue weighted by Gasteiger charge is -2.22. The fraction of sp³-hybridized carbons (Fsp3) is 0.467. The van der Waals surface area contributed by atoms with Crippen LogP contribution in [0.15, 0.2) is 30.6 Å². The van der Waals surface area contributed by atoms with Crippen LogP contribution >= 0.6 is 0 Å². The quantitative estimate of drug-likeness (QED) is 0.825. The van der Waals surface area contributed by atoms with Gasteiger partial charge in [-0.05, 0) is 31.4 Å². The van der Waals surface area contributed by atoms with Crippen molar-refractivity contribution in [1.82, 2.24) is 14.3 Å². The molecule has 19 heavy (non-hydrogen) atoms. The number of hydrogen-bond donors (Lipinski definition) is 0. The second kappa shape index (κ2) is 5.03. The molecule has 2 heterocycles. The number of imidazole rings is 1. The van der Waals surface area contributed by atoms with E-state index in [1.54, 1.807) is 0 Å². The van der Waals surface area contributed by atoms with E-state index >= 15 is 0 Å². The normalized spacial score (nSPS) is 14.8. The summed E-state index contributed by atoms with van der Waals surface area (Å²) >= 11 is 0. The molecule has 3 rings (SSSR count). The van der Waals surface area contributed by atoms with E-state index in [1.165, 1.54) is 0 Å². The molecule has 4 heteroatoms. The molecule has 2 aromatic heterocycles. The highest BCUT2D eigenvalue weighted by Gasteiger charge is 2.32. The molecule has 0 N–H and O–H groups in total. The van der Waals surface area contributed by atoms with E-state index in [0.29, 0.717) is 19.0 Å². The van der Waals surface area contributed by atoms with E-state index < -0.39 is 0 Å². The Balaban J connectivity index is 1.83. The highest BCUT2D eigenvalue weighted by atomic mass is 16.2. The Labute approximate surface area is 113 Å². The van der Waals surface area contributed by atoms with E-state index in [-0.39, 0.29) is 5.91 Å². The second-order valence-corrected chi connectivity index (χ2v) is 5.18. The van der Waals surface area contributed by atoms with Crippen molar-refractivity contribution >= 4 is 11.6 Å². The van der Waals surface area contributed by atoms with Crippen LogP contribution in [0.3, 0.4) is 0 Å². The Hall–Kier alpha value is -1.84. The standard InChI is InChI=1S/C15H19N3O/c1-2-5-15(19)18(12-7-8-12)11-13-10-16-14-6-3-4-9-17(13)14/h3-4,6,9-10,12H,2,5,7-8,11H2,1H3. The number of nitrogens with zero attached hydrogens (tertiary/aromatic N) is 3. The van der Waals surface area contributed by atoms with E-state index in [1.807, 2.05) is 35.5 Å². The minimum atomic E-state index is 0.274. The topological polar surface area (TPSA) is 37.6 Å². The van der Waals surface area contributed by atoms with E-state index in [2.05, 4.69) is 16.3 Å². The van der Waals surface area contributed by atoms with Gasteiger partial charge in [-0.15, -0.1) is 0 Å². The van der Waals surface area contributed by atoms with Gasteiger partial charge in [-0.2, -0.15) is 0 Å². The highest BCUT2D eigenvalue weighted by molar-refractivity contribution is 5.76. The van der Waals surface area contributed by atoms with Gasteiger partial charge in [0.2, 0.25) is 5.91 Å². The average Bonchev–Trinajstić information content (AvgIpc) is 3.18.